The molecular formula is C25H29F2N7O4. The Balaban J connectivity index is 1.24. The lowest BCUT2D eigenvalue weighted by atomic mass is 9.87. The van der Waals surface area contributed by atoms with Gasteiger partial charge in [0.05, 0.1) is 35.6 Å². The average molecular weight is 530 g/mol. The highest BCUT2D eigenvalue weighted by Gasteiger charge is 2.47. The Morgan fingerprint density at radius 2 is 2.00 bits per heavy atom. The maximum absolute atomic E-state index is 13.1. The number of aromatic nitrogens is 6. The van der Waals surface area contributed by atoms with Crippen molar-refractivity contribution in [2.24, 2.45) is 13.0 Å². The van der Waals surface area contributed by atoms with E-state index >= 15 is 0 Å². The van der Waals surface area contributed by atoms with Crippen molar-refractivity contribution >= 4 is 11.8 Å². The van der Waals surface area contributed by atoms with Crippen LogP contribution in [0, 0.1) is 12.8 Å². The zero-order valence-corrected chi connectivity index (χ0v) is 21.1. The number of nitrogens with zero attached hydrogens (tertiary/aromatic N) is 6. The summed E-state index contributed by atoms with van der Waals surface area (Å²) < 4.78 is 39.4. The summed E-state index contributed by atoms with van der Waals surface area (Å²) in [7, 11) is 1.77. The molecule has 3 aromatic heterocycles. The minimum absolute atomic E-state index is 0.0411. The Bertz CT molecular complexity index is 1310. The molecule has 3 heterocycles. The normalized spacial score (nSPS) is 20.9. The Morgan fingerprint density at radius 1 is 1.18 bits per heavy atom. The van der Waals surface area contributed by atoms with Gasteiger partial charge in [0, 0.05) is 26.1 Å². The summed E-state index contributed by atoms with van der Waals surface area (Å²) in [5.41, 5.74) is 2.62. The van der Waals surface area contributed by atoms with E-state index in [1.807, 2.05) is 13.0 Å². The molecular weight excluding hydrogens is 500 g/mol. The SMILES string of the molecule is Cc1nc(-c2nnn(C)c2CNc2ccnc(OC3CC(F)(F)C3)n2)ccc1O[C@H]1CCC[C@H](C(=O)O)C1. The maximum Gasteiger partial charge on any atom is 0.318 e. The molecule has 0 radical (unpaired) electrons. The molecule has 38 heavy (non-hydrogen) atoms. The van der Waals surface area contributed by atoms with E-state index in [2.05, 4.69) is 30.6 Å². The molecule has 2 saturated carbocycles. The number of carbonyl (C=O) groups is 1. The zero-order chi connectivity index (χ0) is 26.9. The van der Waals surface area contributed by atoms with Gasteiger partial charge in [0.15, 0.2) is 0 Å². The van der Waals surface area contributed by atoms with Crippen LogP contribution in [-0.2, 0) is 18.4 Å². The molecule has 0 spiro atoms. The van der Waals surface area contributed by atoms with Crippen molar-refractivity contribution in [3.8, 4) is 23.1 Å². The number of aliphatic carboxylic acids is 1. The number of anilines is 1. The second-order valence-electron chi connectivity index (χ2n) is 9.81. The third kappa shape index (κ3) is 5.81. The first-order valence-electron chi connectivity index (χ1n) is 12.5. The van der Waals surface area contributed by atoms with E-state index in [4.69, 9.17) is 9.47 Å². The predicted octanol–water partition coefficient (Wildman–Crippen LogP) is 3.79. The van der Waals surface area contributed by atoms with E-state index in [-0.39, 0.29) is 30.9 Å². The number of halogens is 2. The predicted molar refractivity (Wildman–Crippen MR) is 131 cm³/mol. The van der Waals surface area contributed by atoms with E-state index in [1.165, 1.54) is 6.20 Å². The number of hydrogen-bond donors (Lipinski definition) is 2. The molecule has 0 aromatic carbocycles. The van der Waals surface area contributed by atoms with Crippen LogP contribution in [0.4, 0.5) is 14.6 Å². The van der Waals surface area contributed by atoms with Gasteiger partial charge in [0.2, 0.25) is 0 Å². The highest BCUT2D eigenvalue weighted by molar-refractivity contribution is 5.70. The van der Waals surface area contributed by atoms with Crippen LogP contribution in [0.2, 0.25) is 0 Å². The van der Waals surface area contributed by atoms with Gasteiger partial charge in [-0.25, -0.2) is 23.4 Å². The Labute approximate surface area is 217 Å². The molecule has 13 heteroatoms. The second kappa shape index (κ2) is 10.5. The molecule has 2 aliphatic carbocycles. The minimum atomic E-state index is -2.68. The van der Waals surface area contributed by atoms with Crippen LogP contribution in [0.1, 0.15) is 49.9 Å². The summed E-state index contributed by atoms with van der Waals surface area (Å²) in [6.45, 7) is 2.15. The number of hydrogen-bond acceptors (Lipinski definition) is 9. The van der Waals surface area contributed by atoms with Crippen LogP contribution in [0.15, 0.2) is 24.4 Å². The maximum atomic E-state index is 13.1. The highest BCUT2D eigenvalue weighted by atomic mass is 19.3. The summed E-state index contributed by atoms with van der Waals surface area (Å²) in [6.07, 6.45) is 2.87. The molecule has 0 amide bonds. The lowest BCUT2D eigenvalue weighted by molar-refractivity contribution is -0.144. The number of carboxylic acid groups (broad SMARTS) is 1. The molecule has 0 unspecified atom stereocenters. The first-order chi connectivity index (χ1) is 18.2. The van der Waals surface area contributed by atoms with Crippen molar-refractivity contribution < 1.29 is 28.2 Å². The number of rotatable bonds is 9. The van der Waals surface area contributed by atoms with Gasteiger partial charge in [-0.15, -0.1) is 5.10 Å². The van der Waals surface area contributed by atoms with Crippen LogP contribution < -0.4 is 14.8 Å². The quantitative estimate of drug-likeness (QED) is 0.421. The number of pyridine rings is 1. The van der Waals surface area contributed by atoms with Crippen molar-refractivity contribution in [3.63, 3.8) is 0 Å². The fraction of sp³-hybridized carbons (Fsp3) is 0.520. The number of nitrogens with one attached hydrogen (secondary N) is 1. The molecule has 5 rings (SSSR count). The average Bonchev–Trinajstić information content (AvgIpc) is 3.23. The van der Waals surface area contributed by atoms with Crippen molar-refractivity contribution in [3.05, 3.63) is 35.8 Å². The first-order valence-corrected chi connectivity index (χ1v) is 12.5. The van der Waals surface area contributed by atoms with Crippen LogP contribution >= 0.6 is 0 Å². The fourth-order valence-electron chi connectivity index (χ4n) is 4.74. The number of ether oxygens (including phenoxy) is 2. The lowest BCUT2D eigenvalue weighted by Crippen LogP contribution is -2.43. The molecule has 2 aliphatic rings. The third-order valence-electron chi connectivity index (χ3n) is 6.89. The largest absolute Gasteiger partial charge is 0.489 e. The van der Waals surface area contributed by atoms with Gasteiger partial charge in [0.1, 0.15) is 23.4 Å². The standard InChI is InChI=1S/C25H29F2N7O4/c1-14-20(37-16-5-3-4-15(10-16)23(35)36)7-6-18(30-14)22-19(34(2)33-32-22)13-29-21-8-9-28-24(31-21)38-17-11-25(26,27)12-17/h6-9,15-17H,3-5,10-13H2,1-2H3,(H,35,36)(H,28,29,31)/t15-,16-/m0/s1. The lowest BCUT2D eigenvalue weighted by Gasteiger charge is -2.33. The number of alkyl halides is 2. The van der Waals surface area contributed by atoms with E-state index in [1.54, 1.807) is 23.9 Å². The Kier molecular flexibility index (Phi) is 7.09. The minimum Gasteiger partial charge on any atom is -0.489 e. The Hall–Kier alpha value is -3.90. The van der Waals surface area contributed by atoms with E-state index in [0.29, 0.717) is 48.0 Å². The van der Waals surface area contributed by atoms with Gasteiger partial charge in [0.25, 0.3) is 5.92 Å². The first kappa shape index (κ1) is 25.7. The molecule has 11 nitrogen and oxygen atoms in total. The Morgan fingerprint density at radius 3 is 2.74 bits per heavy atom. The molecule has 0 bridgehead atoms. The van der Waals surface area contributed by atoms with E-state index in [9.17, 15) is 18.7 Å². The summed E-state index contributed by atoms with van der Waals surface area (Å²) in [5.74, 6) is -2.75. The number of aryl methyl sites for hydroxylation is 2. The van der Waals surface area contributed by atoms with Gasteiger partial charge in [-0.3, -0.25) is 4.79 Å². The van der Waals surface area contributed by atoms with E-state index in [0.717, 1.165) is 18.5 Å². The molecule has 0 saturated heterocycles. The van der Waals surface area contributed by atoms with Gasteiger partial charge >= 0.3 is 12.0 Å². The molecule has 2 atom stereocenters. The molecule has 2 N–H and O–H groups in total. The van der Waals surface area contributed by atoms with Crippen molar-refractivity contribution in [1.29, 1.82) is 0 Å². The molecule has 3 aromatic rings. The van der Waals surface area contributed by atoms with Crippen molar-refractivity contribution in [2.45, 2.75) is 70.1 Å². The molecule has 0 aliphatic heterocycles. The fourth-order valence-corrected chi connectivity index (χ4v) is 4.74. The van der Waals surface area contributed by atoms with Crippen molar-refractivity contribution in [1.82, 2.24) is 29.9 Å². The van der Waals surface area contributed by atoms with Gasteiger partial charge < -0.3 is 19.9 Å². The second-order valence-corrected chi connectivity index (χ2v) is 9.81. The van der Waals surface area contributed by atoms with Crippen LogP contribution in [0.25, 0.3) is 11.4 Å². The smallest absolute Gasteiger partial charge is 0.318 e. The van der Waals surface area contributed by atoms with Crippen LogP contribution in [-0.4, -0.2) is 59.2 Å². The highest BCUT2D eigenvalue weighted by Crippen LogP contribution is 2.39. The topological polar surface area (TPSA) is 137 Å². The third-order valence-corrected chi connectivity index (χ3v) is 6.89. The zero-order valence-electron chi connectivity index (χ0n) is 21.1. The summed E-state index contributed by atoms with van der Waals surface area (Å²) in [5, 5.41) is 20.9. The molecule has 2 fully saturated rings. The number of carboxylic acids is 1. The molecule has 202 valence electrons. The van der Waals surface area contributed by atoms with Crippen LogP contribution in [0.5, 0.6) is 11.8 Å². The summed E-state index contributed by atoms with van der Waals surface area (Å²) in [6, 6.07) is 5.32. The van der Waals surface area contributed by atoms with Gasteiger partial charge in [-0.1, -0.05) is 5.21 Å². The summed E-state index contributed by atoms with van der Waals surface area (Å²) >= 11 is 0. The van der Waals surface area contributed by atoms with Gasteiger partial charge in [-0.2, -0.15) is 4.98 Å². The van der Waals surface area contributed by atoms with Crippen molar-refractivity contribution in [2.75, 3.05) is 5.32 Å². The van der Waals surface area contributed by atoms with Gasteiger partial charge in [-0.05, 0) is 50.8 Å². The van der Waals surface area contributed by atoms with E-state index < -0.39 is 18.0 Å². The van der Waals surface area contributed by atoms with Crippen LogP contribution in [0.3, 0.4) is 0 Å². The monoisotopic (exact) mass is 529 g/mol. The summed E-state index contributed by atoms with van der Waals surface area (Å²) in [4.78, 5) is 24.3.